The average Bonchev–Trinajstić information content (AvgIpc) is 3.19. The van der Waals surface area contributed by atoms with Crippen molar-refractivity contribution in [1.29, 1.82) is 0 Å². The topological polar surface area (TPSA) is 58.3 Å². The number of rotatable bonds is 6. The summed E-state index contributed by atoms with van der Waals surface area (Å²) in [6.07, 6.45) is 3.69. The lowest BCUT2D eigenvalue weighted by Crippen LogP contribution is -2.47. The minimum absolute atomic E-state index is 0.668. The summed E-state index contributed by atoms with van der Waals surface area (Å²) < 4.78 is 6.41. The highest BCUT2D eigenvalue weighted by molar-refractivity contribution is 9.10. The van der Waals surface area contributed by atoms with Crippen LogP contribution in [0, 0.1) is 0 Å². The second-order valence-corrected chi connectivity index (χ2v) is 7.56. The number of halogens is 1. The SMILES string of the molecule is Brc1ccc(N2CCN(CCCc3nc(-c4ccccc4)no3)CC2)nc1. The number of aryl methyl sites for hydroxylation is 1. The van der Waals surface area contributed by atoms with Gasteiger partial charge in [-0.15, -0.1) is 0 Å². The van der Waals surface area contributed by atoms with Crippen LogP contribution in [0.1, 0.15) is 12.3 Å². The molecule has 3 heterocycles. The van der Waals surface area contributed by atoms with Crippen LogP contribution in [0.4, 0.5) is 5.82 Å². The Bertz CT molecular complexity index is 844. The first kappa shape index (κ1) is 18.1. The lowest BCUT2D eigenvalue weighted by molar-refractivity contribution is 0.250. The quantitative estimate of drug-likeness (QED) is 0.598. The summed E-state index contributed by atoms with van der Waals surface area (Å²) in [6, 6.07) is 14.0. The summed E-state index contributed by atoms with van der Waals surface area (Å²) in [5.74, 6) is 2.44. The molecule has 3 aromatic rings. The third-order valence-corrected chi connectivity index (χ3v) is 5.24. The molecule has 1 fully saturated rings. The van der Waals surface area contributed by atoms with Gasteiger partial charge in [0.1, 0.15) is 5.82 Å². The van der Waals surface area contributed by atoms with E-state index in [1.54, 1.807) is 0 Å². The number of benzene rings is 1. The van der Waals surface area contributed by atoms with Gasteiger partial charge in [-0.1, -0.05) is 35.5 Å². The van der Waals surface area contributed by atoms with E-state index in [9.17, 15) is 0 Å². The van der Waals surface area contributed by atoms with Crippen LogP contribution in [0.2, 0.25) is 0 Å². The van der Waals surface area contributed by atoms with Crippen molar-refractivity contribution in [3.05, 3.63) is 59.0 Å². The predicted octanol–water partition coefficient (Wildman–Crippen LogP) is 3.65. The van der Waals surface area contributed by atoms with Crippen LogP contribution in [0.5, 0.6) is 0 Å². The van der Waals surface area contributed by atoms with Gasteiger partial charge in [0.25, 0.3) is 0 Å². The maximum atomic E-state index is 5.39. The highest BCUT2D eigenvalue weighted by Crippen LogP contribution is 2.18. The molecule has 6 nitrogen and oxygen atoms in total. The van der Waals surface area contributed by atoms with Crippen LogP contribution in [-0.2, 0) is 6.42 Å². The molecule has 4 rings (SSSR count). The summed E-state index contributed by atoms with van der Waals surface area (Å²) in [4.78, 5) is 13.8. The predicted molar refractivity (Wildman–Crippen MR) is 109 cm³/mol. The minimum Gasteiger partial charge on any atom is -0.354 e. The van der Waals surface area contributed by atoms with E-state index in [2.05, 4.69) is 46.9 Å². The Morgan fingerprint density at radius 3 is 2.56 bits per heavy atom. The molecule has 7 heteroatoms. The molecule has 1 aromatic carbocycles. The first-order valence-electron chi connectivity index (χ1n) is 9.25. The number of anilines is 1. The molecule has 27 heavy (non-hydrogen) atoms. The Morgan fingerprint density at radius 2 is 1.81 bits per heavy atom. The number of piperazine rings is 1. The summed E-state index contributed by atoms with van der Waals surface area (Å²) >= 11 is 3.43. The van der Waals surface area contributed by atoms with Gasteiger partial charge in [0, 0.05) is 48.8 Å². The normalized spacial score (nSPS) is 15.2. The molecule has 0 N–H and O–H groups in total. The summed E-state index contributed by atoms with van der Waals surface area (Å²) in [7, 11) is 0. The molecule has 0 unspecified atom stereocenters. The van der Waals surface area contributed by atoms with E-state index < -0.39 is 0 Å². The molecule has 1 aliphatic heterocycles. The van der Waals surface area contributed by atoms with Crippen LogP contribution in [0.3, 0.4) is 0 Å². The number of nitrogens with zero attached hydrogens (tertiary/aromatic N) is 5. The van der Waals surface area contributed by atoms with Gasteiger partial charge in [-0.25, -0.2) is 4.98 Å². The third-order valence-electron chi connectivity index (χ3n) is 4.77. The van der Waals surface area contributed by atoms with Crippen molar-refractivity contribution in [2.24, 2.45) is 0 Å². The van der Waals surface area contributed by atoms with E-state index in [-0.39, 0.29) is 0 Å². The van der Waals surface area contributed by atoms with Crippen molar-refractivity contribution in [1.82, 2.24) is 20.0 Å². The Kier molecular flexibility index (Phi) is 5.79. The number of hydrogen-bond donors (Lipinski definition) is 0. The Balaban J connectivity index is 1.22. The van der Waals surface area contributed by atoms with E-state index in [1.165, 1.54) is 0 Å². The third kappa shape index (κ3) is 4.73. The van der Waals surface area contributed by atoms with Crippen molar-refractivity contribution >= 4 is 21.7 Å². The monoisotopic (exact) mass is 427 g/mol. The molecule has 0 amide bonds. The first-order valence-corrected chi connectivity index (χ1v) is 10.0. The largest absolute Gasteiger partial charge is 0.354 e. The number of aromatic nitrogens is 3. The summed E-state index contributed by atoms with van der Waals surface area (Å²) in [5.41, 5.74) is 0.991. The molecule has 1 saturated heterocycles. The van der Waals surface area contributed by atoms with Crippen LogP contribution in [0.15, 0.2) is 57.7 Å². The Labute approximate surface area is 167 Å². The second-order valence-electron chi connectivity index (χ2n) is 6.64. The first-order chi connectivity index (χ1) is 13.3. The highest BCUT2D eigenvalue weighted by Gasteiger charge is 2.18. The molecular formula is C20H22BrN5O. The molecule has 0 spiro atoms. The Hall–Kier alpha value is -2.25. The van der Waals surface area contributed by atoms with Gasteiger partial charge in [-0.2, -0.15) is 4.98 Å². The smallest absolute Gasteiger partial charge is 0.227 e. The number of hydrogen-bond acceptors (Lipinski definition) is 6. The Morgan fingerprint density at radius 1 is 1.00 bits per heavy atom. The van der Waals surface area contributed by atoms with E-state index in [0.717, 1.165) is 61.4 Å². The minimum atomic E-state index is 0.668. The van der Waals surface area contributed by atoms with Gasteiger partial charge in [-0.3, -0.25) is 4.90 Å². The molecule has 0 bridgehead atoms. The van der Waals surface area contributed by atoms with Gasteiger partial charge in [0.05, 0.1) is 0 Å². The van der Waals surface area contributed by atoms with E-state index in [1.807, 2.05) is 42.6 Å². The number of pyridine rings is 1. The van der Waals surface area contributed by atoms with Crippen LogP contribution in [0.25, 0.3) is 11.4 Å². The van der Waals surface area contributed by atoms with Gasteiger partial charge < -0.3 is 9.42 Å². The van der Waals surface area contributed by atoms with Gasteiger partial charge in [-0.05, 0) is 41.0 Å². The van der Waals surface area contributed by atoms with Crippen LogP contribution < -0.4 is 4.90 Å². The van der Waals surface area contributed by atoms with Crippen molar-refractivity contribution < 1.29 is 4.52 Å². The van der Waals surface area contributed by atoms with E-state index in [0.29, 0.717) is 11.7 Å². The molecule has 140 valence electrons. The molecule has 0 atom stereocenters. The average molecular weight is 428 g/mol. The zero-order chi connectivity index (χ0) is 18.5. The molecule has 2 aromatic heterocycles. The van der Waals surface area contributed by atoms with Crippen molar-refractivity contribution in [3.63, 3.8) is 0 Å². The molecule has 0 aliphatic carbocycles. The van der Waals surface area contributed by atoms with Crippen LogP contribution >= 0.6 is 15.9 Å². The molecule has 1 aliphatic rings. The lowest BCUT2D eigenvalue weighted by atomic mass is 10.2. The maximum Gasteiger partial charge on any atom is 0.227 e. The second kappa shape index (κ2) is 8.63. The fourth-order valence-corrected chi connectivity index (χ4v) is 3.50. The fourth-order valence-electron chi connectivity index (χ4n) is 3.27. The molecule has 0 radical (unpaired) electrons. The summed E-state index contributed by atoms with van der Waals surface area (Å²) in [5, 5.41) is 4.08. The van der Waals surface area contributed by atoms with E-state index in [4.69, 9.17) is 4.52 Å². The lowest BCUT2D eigenvalue weighted by Gasteiger charge is -2.35. The molecular weight excluding hydrogens is 406 g/mol. The molecule has 0 saturated carbocycles. The fraction of sp³-hybridized carbons (Fsp3) is 0.350. The van der Waals surface area contributed by atoms with Crippen molar-refractivity contribution in [2.75, 3.05) is 37.6 Å². The standard InChI is InChI=1S/C20H22BrN5O/c21-17-8-9-18(22-15-17)26-13-11-25(12-14-26)10-4-7-19-23-20(24-27-19)16-5-2-1-3-6-16/h1-3,5-6,8-9,15H,4,7,10-14H2. The van der Waals surface area contributed by atoms with Gasteiger partial charge in [0.15, 0.2) is 0 Å². The zero-order valence-corrected chi connectivity index (χ0v) is 16.7. The van der Waals surface area contributed by atoms with E-state index >= 15 is 0 Å². The van der Waals surface area contributed by atoms with Crippen molar-refractivity contribution in [3.8, 4) is 11.4 Å². The maximum absolute atomic E-state index is 5.39. The zero-order valence-electron chi connectivity index (χ0n) is 15.1. The van der Waals surface area contributed by atoms with Gasteiger partial charge >= 0.3 is 0 Å². The van der Waals surface area contributed by atoms with Gasteiger partial charge in [0.2, 0.25) is 11.7 Å². The van der Waals surface area contributed by atoms with Crippen molar-refractivity contribution in [2.45, 2.75) is 12.8 Å². The highest BCUT2D eigenvalue weighted by atomic mass is 79.9. The summed E-state index contributed by atoms with van der Waals surface area (Å²) in [6.45, 7) is 5.17. The van der Waals surface area contributed by atoms with Crippen LogP contribution in [-0.4, -0.2) is 52.7 Å².